The average molecular weight is 253 g/mol. The van der Waals surface area contributed by atoms with Crippen molar-refractivity contribution in [3.63, 3.8) is 0 Å². The van der Waals surface area contributed by atoms with Crippen LogP contribution in [0.2, 0.25) is 0 Å². The van der Waals surface area contributed by atoms with Gasteiger partial charge < -0.3 is 4.74 Å². The summed E-state index contributed by atoms with van der Waals surface area (Å²) >= 11 is 6.21. The van der Waals surface area contributed by atoms with Crippen LogP contribution in [0, 0.1) is 12.3 Å². The molecule has 1 aromatic rings. The summed E-state index contributed by atoms with van der Waals surface area (Å²) in [6.45, 7) is 2.13. The molecule has 0 radical (unpaired) electrons. The van der Waals surface area contributed by atoms with Crippen LogP contribution in [0.3, 0.4) is 0 Å². The Bertz CT molecular complexity index is 381. The molecule has 0 aliphatic heterocycles. The number of halogens is 1. The van der Waals surface area contributed by atoms with E-state index < -0.39 is 0 Å². The fourth-order valence-corrected chi connectivity index (χ4v) is 3.29. The number of alkyl halides is 1. The second kappa shape index (κ2) is 5.30. The zero-order valence-electron chi connectivity index (χ0n) is 10.8. The number of ether oxygens (including phenoxy) is 1. The molecule has 1 fully saturated rings. The summed E-state index contributed by atoms with van der Waals surface area (Å²) in [7, 11) is 1.75. The lowest BCUT2D eigenvalue weighted by molar-refractivity contribution is 0.330. The number of aryl methyl sites for hydroxylation is 1. The van der Waals surface area contributed by atoms with Gasteiger partial charge in [-0.15, -0.1) is 11.6 Å². The monoisotopic (exact) mass is 252 g/mol. The SMILES string of the molecule is COc1ccc(C)cc1CC1(CCl)CCCC1. The molecule has 0 heterocycles. The fraction of sp³-hybridized carbons (Fsp3) is 0.600. The quantitative estimate of drug-likeness (QED) is 0.724. The lowest BCUT2D eigenvalue weighted by Gasteiger charge is -2.27. The smallest absolute Gasteiger partial charge is 0.122 e. The molecule has 0 N–H and O–H groups in total. The molecule has 0 bridgehead atoms. The predicted octanol–water partition coefficient (Wildman–Crippen LogP) is 4.35. The van der Waals surface area contributed by atoms with Gasteiger partial charge in [0.2, 0.25) is 0 Å². The zero-order valence-corrected chi connectivity index (χ0v) is 11.5. The first-order valence-corrected chi connectivity index (χ1v) is 6.92. The van der Waals surface area contributed by atoms with Gasteiger partial charge in [-0.05, 0) is 43.2 Å². The van der Waals surface area contributed by atoms with Crippen LogP contribution >= 0.6 is 11.6 Å². The van der Waals surface area contributed by atoms with Crippen molar-refractivity contribution in [3.8, 4) is 5.75 Å². The first-order valence-electron chi connectivity index (χ1n) is 6.39. The van der Waals surface area contributed by atoms with Gasteiger partial charge in [0.15, 0.2) is 0 Å². The normalized spacial score (nSPS) is 18.3. The van der Waals surface area contributed by atoms with Gasteiger partial charge in [0.05, 0.1) is 7.11 Å². The van der Waals surface area contributed by atoms with Crippen molar-refractivity contribution in [3.05, 3.63) is 29.3 Å². The topological polar surface area (TPSA) is 9.23 Å². The summed E-state index contributed by atoms with van der Waals surface area (Å²) < 4.78 is 5.46. The highest BCUT2D eigenvalue weighted by Crippen LogP contribution is 2.43. The van der Waals surface area contributed by atoms with E-state index >= 15 is 0 Å². The maximum atomic E-state index is 6.21. The summed E-state index contributed by atoms with van der Waals surface area (Å²) in [6.07, 6.45) is 6.21. The van der Waals surface area contributed by atoms with E-state index in [4.69, 9.17) is 16.3 Å². The molecule has 17 heavy (non-hydrogen) atoms. The Morgan fingerprint density at radius 2 is 2.00 bits per heavy atom. The Morgan fingerprint density at radius 3 is 2.59 bits per heavy atom. The molecule has 1 aliphatic carbocycles. The molecule has 0 unspecified atom stereocenters. The van der Waals surface area contributed by atoms with Gasteiger partial charge in [0.1, 0.15) is 5.75 Å². The van der Waals surface area contributed by atoms with E-state index in [0.717, 1.165) is 18.1 Å². The molecule has 1 aliphatic rings. The van der Waals surface area contributed by atoms with Gasteiger partial charge in [-0.1, -0.05) is 30.5 Å². The van der Waals surface area contributed by atoms with Crippen molar-refractivity contribution >= 4 is 11.6 Å². The van der Waals surface area contributed by atoms with E-state index in [1.807, 2.05) is 0 Å². The van der Waals surface area contributed by atoms with E-state index in [-0.39, 0.29) is 0 Å². The highest BCUT2D eigenvalue weighted by atomic mass is 35.5. The molecule has 0 spiro atoms. The van der Waals surface area contributed by atoms with Crippen LogP contribution in [-0.4, -0.2) is 13.0 Å². The Labute approximate surface area is 109 Å². The number of hydrogen-bond donors (Lipinski definition) is 0. The van der Waals surface area contributed by atoms with Crippen LogP contribution < -0.4 is 4.74 Å². The Morgan fingerprint density at radius 1 is 1.29 bits per heavy atom. The highest BCUT2D eigenvalue weighted by molar-refractivity contribution is 6.18. The van der Waals surface area contributed by atoms with Crippen molar-refractivity contribution < 1.29 is 4.74 Å². The first kappa shape index (κ1) is 12.8. The Balaban J connectivity index is 2.24. The predicted molar refractivity (Wildman–Crippen MR) is 73.1 cm³/mol. The van der Waals surface area contributed by atoms with Crippen LogP contribution in [0.15, 0.2) is 18.2 Å². The fourth-order valence-electron chi connectivity index (χ4n) is 2.93. The lowest BCUT2D eigenvalue weighted by atomic mass is 9.81. The number of methoxy groups -OCH3 is 1. The first-order chi connectivity index (χ1) is 8.19. The second-order valence-electron chi connectivity index (χ2n) is 5.33. The van der Waals surface area contributed by atoms with Gasteiger partial charge >= 0.3 is 0 Å². The molecule has 1 aromatic carbocycles. The van der Waals surface area contributed by atoms with Crippen LogP contribution in [0.25, 0.3) is 0 Å². The summed E-state index contributed by atoms with van der Waals surface area (Å²) in [6, 6.07) is 6.41. The van der Waals surface area contributed by atoms with Crippen molar-refractivity contribution in [2.24, 2.45) is 5.41 Å². The summed E-state index contributed by atoms with van der Waals surface area (Å²) in [4.78, 5) is 0. The average Bonchev–Trinajstić information content (AvgIpc) is 2.79. The molecule has 94 valence electrons. The van der Waals surface area contributed by atoms with E-state index in [1.54, 1.807) is 7.11 Å². The van der Waals surface area contributed by atoms with Crippen molar-refractivity contribution in [2.45, 2.75) is 39.0 Å². The summed E-state index contributed by atoms with van der Waals surface area (Å²) in [5, 5.41) is 0. The van der Waals surface area contributed by atoms with Gasteiger partial charge in [0, 0.05) is 5.88 Å². The highest BCUT2D eigenvalue weighted by Gasteiger charge is 2.33. The Hall–Kier alpha value is -0.690. The van der Waals surface area contributed by atoms with Gasteiger partial charge in [-0.3, -0.25) is 0 Å². The zero-order chi connectivity index (χ0) is 12.3. The van der Waals surface area contributed by atoms with Crippen molar-refractivity contribution in [1.82, 2.24) is 0 Å². The van der Waals surface area contributed by atoms with E-state index in [0.29, 0.717) is 5.41 Å². The van der Waals surface area contributed by atoms with Crippen molar-refractivity contribution in [2.75, 3.05) is 13.0 Å². The Kier molecular flexibility index (Phi) is 3.98. The molecule has 0 aromatic heterocycles. The molecule has 0 atom stereocenters. The van der Waals surface area contributed by atoms with Gasteiger partial charge in [0.25, 0.3) is 0 Å². The molecule has 0 amide bonds. The second-order valence-corrected chi connectivity index (χ2v) is 5.60. The third kappa shape index (κ3) is 2.77. The van der Waals surface area contributed by atoms with Crippen LogP contribution in [0.4, 0.5) is 0 Å². The lowest BCUT2D eigenvalue weighted by Crippen LogP contribution is -2.22. The molecule has 1 saturated carbocycles. The van der Waals surface area contributed by atoms with Gasteiger partial charge in [-0.25, -0.2) is 0 Å². The largest absolute Gasteiger partial charge is 0.496 e. The van der Waals surface area contributed by atoms with Crippen LogP contribution in [0.1, 0.15) is 36.8 Å². The third-order valence-electron chi connectivity index (χ3n) is 3.95. The van der Waals surface area contributed by atoms with E-state index in [1.165, 1.54) is 36.8 Å². The molecule has 2 rings (SSSR count). The minimum absolute atomic E-state index is 0.308. The molecular formula is C15H21ClO. The molecule has 0 saturated heterocycles. The van der Waals surface area contributed by atoms with Crippen LogP contribution in [-0.2, 0) is 6.42 Å². The minimum Gasteiger partial charge on any atom is -0.496 e. The molecule has 1 nitrogen and oxygen atoms in total. The maximum absolute atomic E-state index is 6.21. The number of rotatable bonds is 4. The minimum atomic E-state index is 0.308. The van der Waals surface area contributed by atoms with Gasteiger partial charge in [-0.2, -0.15) is 0 Å². The van der Waals surface area contributed by atoms with Crippen LogP contribution in [0.5, 0.6) is 5.75 Å². The van der Waals surface area contributed by atoms with E-state index in [2.05, 4.69) is 25.1 Å². The maximum Gasteiger partial charge on any atom is 0.122 e. The third-order valence-corrected chi connectivity index (χ3v) is 4.52. The standard InChI is InChI=1S/C15H21ClO/c1-12-5-6-14(17-2)13(9-12)10-15(11-16)7-3-4-8-15/h5-6,9H,3-4,7-8,10-11H2,1-2H3. The van der Waals surface area contributed by atoms with E-state index in [9.17, 15) is 0 Å². The summed E-state index contributed by atoms with van der Waals surface area (Å²) in [5.74, 6) is 1.77. The number of benzene rings is 1. The number of hydrogen-bond acceptors (Lipinski definition) is 1. The summed E-state index contributed by atoms with van der Waals surface area (Å²) in [5.41, 5.74) is 2.92. The molecular weight excluding hydrogens is 232 g/mol. The molecule has 2 heteroatoms. The van der Waals surface area contributed by atoms with Crippen molar-refractivity contribution in [1.29, 1.82) is 0 Å².